The quantitative estimate of drug-likeness (QED) is 0.923. The van der Waals surface area contributed by atoms with Crippen molar-refractivity contribution in [2.45, 2.75) is 57.2 Å². The number of hydrogen-bond donors (Lipinski definition) is 1. The van der Waals surface area contributed by atoms with Gasteiger partial charge >= 0.3 is 6.03 Å². The third-order valence-electron chi connectivity index (χ3n) is 5.20. The average Bonchev–Trinajstić information content (AvgIpc) is 2.95. The largest absolute Gasteiger partial charge is 0.336 e. The van der Waals surface area contributed by atoms with Crippen LogP contribution in [0.2, 0.25) is 0 Å². The molecule has 1 heterocycles. The predicted molar refractivity (Wildman–Crippen MR) is 93.4 cm³/mol. The Morgan fingerprint density at radius 1 is 1.21 bits per heavy atom. The van der Waals surface area contributed by atoms with E-state index in [0.717, 1.165) is 18.4 Å². The molecule has 0 aromatic heterocycles. The zero-order valence-electron chi connectivity index (χ0n) is 14.4. The van der Waals surface area contributed by atoms with Crippen LogP contribution >= 0.6 is 0 Å². The molecule has 1 aliphatic carbocycles. The van der Waals surface area contributed by atoms with Gasteiger partial charge < -0.3 is 15.1 Å². The molecule has 1 atom stereocenters. The number of carbonyl (C=O) groups excluding carboxylic acids is 2. The van der Waals surface area contributed by atoms with Gasteiger partial charge in [0.25, 0.3) is 0 Å². The van der Waals surface area contributed by atoms with Gasteiger partial charge in [-0.1, -0.05) is 49.6 Å². The van der Waals surface area contributed by atoms with Crippen molar-refractivity contribution in [3.63, 3.8) is 0 Å². The van der Waals surface area contributed by atoms with E-state index in [4.69, 9.17) is 0 Å². The predicted octanol–water partition coefficient (Wildman–Crippen LogP) is 2.76. The van der Waals surface area contributed by atoms with Crippen molar-refractivity contribution < 1.29 is 9.59 Å². The number of urea groups is 1. The Hall–Kier alpha value is -2.04. The number of nitrogens with zero attached hydrogens (tertiary/aromatic N) is 2. The fourth-order valence-corrected chi connectivity index (χ4v) is 3.74. The van der Waals surface area contributed by atoms with E-state index in [1.807, 2.05) is 47.2 Å². The minimum absolute atomic E-state index is 0.0405. The molecule has 3 amide bonds. The van der Waals surface area contributed by atoms with Crippen molar-refractivity contribution in [1.29, 1.82) is 0 Å². The fraction of sp³-hybridized carbons (Fsp3) is 0.579. The summed E-state index contributed by atoms with van der Waals surface area (Å²) in [5.74, 6) is 0.115. The summed E-state index contributed by atoms with van der Waals surface area (Å²) in [4.78, 5) is 28.3. The Bertz CT molecular complexity index is 569. The topological polar surface area (TPSA) is 52.7 Å². The van der Waals surface area contributed by atoms with Crippen molar-refractivity contribution in [1.82, 2.24) is 15.1 Å². The van der Waals surface area contributed by atoms with Gasteiger partial charge in [-0.05, 0) is 18.4 Å². The summed E-state index contributed by atoms with van der Waals surface area (Å²) in [5, 5.41) is 3.05. The van der Waals surface area contributed by atoms with Crippen molar-refractivity contribution >= 4 is 11.9 Å². The number of carbonyl (C=O) groups is 2. The van der Waals surface area contributed by atoms with Gasteiger partial charge in [0.2, 0.25) is 5.91 Å². The molecular formula is C19H27N3O2. The second-order valence-electron chi connectivity index (χ2n) is 7.01. The lowest BCUT2D eigenvalue weighted by Crippen LogP contribution is -2.48. The minimum Gasteiger partial charge on any atom is -0.336 e. The van der Waals surface area contributed by atoms with Crippen LogP contribution in [0.4, 0.5) is 4.79 Å². The average molecular weight is 329 g/mol. The maximum Gasteiger partial charge on any atom is 0.317 e. The molecule has 0 spiro atoms. The van der Waals surface area contributed by atoms with E-state index in [1.165, 1.54) is 19.3 Å². The highest BCUT2D eigenvalue weighted by molar-refractivity contribution is 5.81. The molecule has 5 heteroatoms. The molecule has 2 fully saturated rings. The van der Waals surface area contributed by atoms with Gasteiger partial charge in [0.1, 0.15) is 0 Å². The molecule has 1 saturated carbocycles. The van der Waals surface area contributed by atoms with Crippen LogP contribution in [0.5, 0.6) is 0 Å². The number of likely N-dealkylation sites (tertiary alicyclic amines) is 1. The highest BCUT2D eigenvalue weighted by Gasteiger charge is 2.32. The third-order valence-corrected chi connectivity index (χ3v) is 5.20. The zero-order chi connectivity index (χ0) is 16.9. The summed E-state index contributed by atoms with van der Waals surface area (Å²) in [6, 6.07) is 10.2. The fourth-order valence-electron chi connectivity index (χ4n) is 3.74. The second kappa shape index (κ2) is 7.69. The number of hydrogen-bond acceptors (Lipinski definition) is 2. The normalized spacial score (nSPS) is 21.8. The number of rotatable bonds is 4. The van der Waals surface area contributed by atoms with Gasteiger partial charge in [-0.3, -0.25) is 4.79 Å². The van der Waals surface area contributed by atoms with Crippen LogP contribution in [0.3, 0.4) is 0 Å². The molecule has 1 saturated heterocycles. The summed E-state index contributed by atoms with van der Waals surface area (Å²) >= 11 is 0. The highest BCUT2D eigenvalue weighted by atomic mass is 16.2. The summed E-state index contributed by atoms with van der Waals surface area (Å²) in [6.45, 7) is 1.21. The zero-order valence-corrected chi connectivity index (χ0v) is 14.4. The van der Waals surface area contributed by atoms with Crippen LogP contribution in [-0.4, -0.2) is 47.4 Å². The first-order chi connectivity index (χ1) is 11.6. The van der Waals surface area contributed by atoms with E-state index in [1.54, 1.807) is 0 Å². The molecule has 1 N–H and O–H groups in total. The molecular weight excluding hydrogens is 302 g/mol. The lowest BCUT2D eigenvalue weighted by Gasteiger charge is -2.32. The van der Waals surface area contributed by atoms with Gasteiger partial charge in [-0.25, -0.2) is 4.79 Å². The van der Waals surface area contributed by atoms with E-state index >= 15 is 0 Å². The molecule has 24 heavy (non-hydrogen) atoms. The Balaban J connectivity index is 1.51. The van der Waals surface area contributed by atoms with E-state index in [9.17, 15) is 9.59 Å². The number of nitrogens with one attached hydrogen (secondary N) is 1. The highest BCUT2D eigenvalue weighted by Crippen LogP contribution is 2.22. The van der Waals surface area contributed by atoms with Crippen molar-refractivity contribution in [3.05, 3.63) is 35.9 Å². The second-order valence-corrected chi connectivity index (χ2v) is 7.01. The molecule has 1 aromatic rings. The van der Waals surface area contributed by atoms with Crippen LogP contribution in [-0.2, 0) is 11.3 Å². The summed E-state index contributed by atoms with van der Waals surface area (Å²) in [7, 11) is 1.88. The Labute approximate surface area is 144 Å². The molecule has 0 bridgehead atoms. The number of amides is 3. The molecule has 5 nitrogen and oxygen atoms in total. The Morgan fingerprint density at radius 3 is 2.62 bits per heavy atom. The van der Waals surface area contributed by atoms with Gasteiger partial charge in [0, 0.05) is 32.6 Å². The van der Waals surface area contributed by atoms with E-state index < -0.39 is 0 Å². The first-order valence-corrected chi connectivity index (χ1v) is 8.98. The van der Waals surface area contributed by atoms with E-state index in [-0.39, 0.29) is 18.0 Å². The smallest absolute Gasteiger partial charge is 0.317 e. The van der Waals surface area contributed by atoms with Crippen LogP contribution in [0.15, 0.2) is 30.3 Å². The summed E-state index contributed by atoms with van der Waals surface area (Å²) in [6.07, 6.45) is 6.26. The monoisotopic (exact) mass is 329 g/mol. The van der Waals surface area contributed by atoms with Crippen LogP contribution in [0.25, 0.3) is 0 Å². The van der Waals surface area contributed by atoms with Gasteiger partial charge in [-0.2, -0.15) is 0 Å². The molecule has 1 unspecified atom stereocenters. The Morgan fingerprint density at radius 2 is 1.92 bits per heavy atom. The number of benzene rings is 1. The first kappa shape index (κ1) is 16.8. The third kappa shape index (κ3) is 4.08. The maximum absolute atomic E-state index is 12.5. The van der Waals surface area contributed by atoms with Crippen molar-refractivity contribution in [2.75, 3.05) is 13.6 Å². The van der Waals surface area contributed by atoms with Crippen LogP contribution in [0, 0.1) is 0 Å². The lowest BCUT2D eigenvalue weighted by molar-refractivity contribution is -0.128. The van der Waals surface area contributed by atoms with Crippen molar-refractivity contribution in [3.8, 4) is 0 Å². The standard InChI is InChI=1S/C19H27N3O2/c1-21(17-10-6-3-7-11-17)19(24)20-16-12-18(23)22(14-16)13-15-8-4-2-5-9-15/h2,4-5,8-9,16-17H,3,6-7,10-14H2,1H3,(H,20,24). The molecule has 3 rings (SSSR count). The van der Waals surface area contributed by atoms with E-state index in [0.29, 0.717) is 25.6 Å². The first-order valence-electron chi connectivity index (χ1n) is 8.98. The summed E-state index contributed by atoms with van der Waals surface area (Å²) in [5.41, 5.74) is 1.12. The van der Waals surface area contributed by atoms with Crippen molar-refractivity contribution in [2.24, 2.45) is 0 Å². The molecule has 1 aliphatic heterocycles. The minimum atomic E-state index is -0.0836. The summed E-state index contributed by atoms with van der Waals surface area (Å²) < 4.78 is 0. The van der Waals surface area contributed by atoms with Gasteiger partial charge in [0.15, 0.2) is 0 Å². The molecule has 2 aliphatic rings. The maximum atomic E-state index is 12.5. The van der Waals surface area contributed by atoms with Crippen LogP contribution in [0.1, 0.15) is 44.1 Å². The molecule has 130 valence electrons. The Kier molecular flexibility index (Phi) is 5.38. The SMILES string of the molecule is CN(C(=O)NC1CC(=O)N(Cc2ccccc2)C1)C1CCCCC1. The van der Waals surface area contributed by atoms with Gasteiger partial charge in [-0.15, -0.1) is 0 Å². The van der Waals surface area contributed by atoms with Crippen LogP contribution < -0.4 is 5.32 Å². The lowest BCUT2D eigenvalue weighted by atomic mass is 9.95. The van der Waals surface area contributed by atoms with E-state index in [2.05, 4.69) is 5.32 Å². The van der Waals surface area contributed by atoms with Gasteiger partial charge in [0.05, 0.1) is 6.04 Å². The molecule has 1 aromatic carbocycles. The molecule has 0 radical (unpaired) electrons.